The highest BCUT2D eigenvalue weighted by Crippen LogP contribution is 2.21. The number of rotatable bonds is 3. The monoisotopic (exact) mass is 210 g/mol. The average Bonchev–Trinajstić information content (AvgIpc) is 2.07. The Labute approximate surface area is 89.4 Å². The van der Waals surface area contributed by atoms with Crippen molar-refractivity contribution < 1.29 is 9.90 Å². The standard InChI is InChI=1S/C11H14O2S/c1-7(2)5-8-3-4-10(12)9(6-8)11(13)14/h3-4,6-7,12H,5H2,1-2H3,(H,13,14). The molecule has 1 aromatic carbocycles. The fraction of sp³-hybridized carbons (Fsp3) is 0.364. The Hall–Kier alpha value is -0.960. The van der Waals surface area contributed by atoms with Gasteiger partial charge in [0.05, 0.1) is 5.56 Å². The van der Waals surface area contributed by atoms with Crippen LogP contribution in [0.3, 0.4) is 0 Å². The van der Waals surface area contributed by atoms with Crippen molar-refractivity contribution in [1.82, 2.24) is 0 Å². The predicted octanol–water partition coefficient (Wildman–Crippen LogP) is 2.66. The van der Waals surface area contributed by atoms with Crippen LogP contribution in [-0.4, -0.2) is 10.2 Å². The molecule has 1 aromatic rings. The molecule has 0 heterocycles. The van der Waals surface area contributed by atoms with Crippen molar-refractivity contribution in [2.24, 2.45) is 5.92 Å². The minimum absolute atomic E-state index is 0.00231. The van der Waals surface area contributed by atoms with Gasteiger partial charge in [0, 0.05) is 0 Å². The van der Waals surface area contributed by atoms with Crippen LogP contribution in [0.1, 0.15) is 29.8 Å². The van der Waals surface area contributed by atoms with Crippen LogP contribution < -0.4 is 0 Å². The van der Waals surface area contributed by atoms with Gasteiger partial charge in [0.1, 0.15) is 5.75 Å². The molecule has 0 aromatic heterocycles. The summed E-state index contributed by atoms with van der Waals surface area (Å²) in [6, 6.07) is 5.07. The maximum absolute atomic E-state index is 11.0. The lowest BCUT2D eigenvalue weighted by atomic mass is 10.0. The number of carbonyl (C=O) groups is 1. The smallest absolute Gasteiger partial charge is 0.220 e. The van der Waals surface area contributed by atoms with Crippen molar-refractivity contribution in [2.75, 3.05) is 0 Å². The van der Waals surface area contributed by atoms with E-state index in [9.17, 15) is 9.90 Å². The first-order chi connectivity index (χ1) is 6.50. The number of hydrogen-bond acceptors (Lipinski definition) is 2. The molecule has 0 saturated heterocycles. The molecule has 0 atom stereocenters. The van der Waals surface area contributed by atoms with Gasteiger partial charge in [-0.05, 0) is 30.0 Å². The molecule has 0 saturated carbocycles. The van der Waals surface area contributed by atoms with Gasteiger partial charge in [0.2, 0.25) is 5.12 Å². The summed E-state index contributed by atoms with van der Waals surface area (Å²) in [6.45, 7) is 4.21. The minimum atomic E-state index is -0.395. The quantitative estimate of drug-likeness (QED) is 0.753. The third-order valence-corrected chi connectivity index (χ3v) is 2.18. The Morgan fingerprint density at radius 2 is 2.14 bits per heavy atom. The molecule has 14 heavy (non-hydrogen) atoms. The Morgan fingerprint density at radius 3 is 2.64 bits per heavy atom. The van der Waals surface area contributed by atoms with Crippen molar-refractivity contribution in [3.63, 3.8) is 0 Å². The SMILES string of the molecule is CC(C)Cc1ccc(O)c(C(=O)S)c1. The van der Waals surface area contributed by atoms with Crippen molar-refractivity contribution in [2.45, 2.75) is 20.3 Å². The van der Waals surface area contributed by atoms with Crippen LogP contribution in [0.5, 0.6) is 5.75 Å². The second-order valence-corrected chi connectivity index (χ2v) is 4.16. The highest BCUT2D eigenvalue weighted by atomic mass is 32.1. The Kier molecular flexibility index (Phi) is 3.58. The second-order valence-electron chi connectivity index (χ2n) is 3.75. The van der Waals surface area contributed by atoms with Crippen molar-refractivity contribution in [3.05, 3.63) is 29.3 Å². The van der Waals surface area contributed by atoms with Gasteiger partial charge < -0.3 is 5.11 Å². The lowest BCUT2D eigenvalue weighted by Crippen LogP contribution is -1.97. The fourth-order valence-electron chi connectivity index (χ4n) is 1.35. The third-order valence-electron chi connectivity index (χ3n) is 1.94. The van der Waals surface area contributed by atoms with Gasteiger partial charge >= 0.3 is 0 Å². The molecule has 0 radical (unpaired) electrons. The van der Waals surface area contributed by atoms with Crippen LogP contribution in [0, 0.1) is 5.92 Å². The predicted molar refractivity (Wildman–Crippen MR) is 60.0 cm³/mol. The summed E-state index contributed by atoms with van der Waals surface area (Å²) >= 11 is 3.70. The summed E-state index contributed by atoms with van der Waals surface area (Å²) in [7, 11) is 0. The maximum atomic E-state index is 11.0. The molecular weight excluding hydrogens is 196 g/mol. The van der Waals surface area contributed by atoms with Crippen LogP contribution >= 0.6 is 12.6 Å². The minimum Gasteiger partial charge on any atom is -0.507 e. The molecule has 0 amide bonds. The van der Waals surface area contributed by atoms with Crippen molar-refractivity contribution >= 4 is 17.7 Å². The van der Waals surface area contributed by atoms with Gasteiger partial charge in [-0.1, -0.05) is 19.9 Å². The van der Waals surface area contributed by atoms with E-state index in [1.54, 1.807) is 12.1 Å². The molecule has 0 aliphatic carbocycles. The highest BCUT2D eigenvalue weighted by Gasteiger charge is 2.08. The Bertz CT molecular complexity index is 345. The Morgan fingerprint density at radius 1 is 1.50 bits per heavy atom. The number of phenols is 1. The molecule has 0 aliphatic heterocycles. The maximum Gasteiger partial charge on any atom is 0.220 e. The van der Waals surface area contributed by atoms with Crippen LogP contribution in [0.2, 0.25) is 0 Å². The lowest BCUT2D eigenvalue weighted by Gasteiger charge is -2.07. The average molecular weight is 210 g/mol. The fourth-order valence-corrected chi connectivity index (χ4v) is 1.53. The third kappa shape index (κ3) is 2.77. The summed E-state index contributed by atoms with van der Waals surface area (Å²) in [6.07, 6.45) is 0.897. The highest BCUT2D eigenvalue weighted by molar-refractivity contribution is 7.97. The van der Waals surface area contributed by atoms with E-state index in [1.165, 1.54) is 0 Å². The number of thiol groups is 1. The molecule has 0 bridgehead atoms. The first-order valence-electron chi connectivity index (χ1n) is 4.56. The van der Waals surface area contributed by atoms with Gasteiger partial charge in [-0.25, -0.2) is 0 Å². The number of carbonyl (C=O) groups excluding carboxylic acids is 1. The summed E-state index contributed by atoms with van der Waals surface area (Å²) in [5.41, 5.74) is 1.33. The molecule has 0 spiro atoms. The summed E-state index contributed by atoms with van der Waals surface area (Å²) in [5.74, 6) is 0.528. The van der Waals surface area contributed by atoms with Gasteiger partial charge in [0.15, 0.2) is 0 Å². The van der Waals surface area contributed by atoms with Crippen molar-refractivity contribution in [1.29, 1.82) is 0 Å². The zero-order valence-electron chi connectivity index (χ0n) is 8.32. The van der Waals surface area contributed by atoms with Crippen LogP contribution in [0.15, 0.2) is 18.2 Å². The molecule has 0 aliphatic rings. The molecule has 76 valence electrons. The largest absolute Gasteiger partial charge is 0.507 e. The summed E-state index contributed by atoms with van der Waals surface area (Å²) in [5, 5.41) is 8.97. The van der Waals surface area contributed by atoms with Gasteiger partial charge in [-0.2, -0.15) is 0 Å². The van der Waals surface area contributed by atoms with E-state index >= 15 is 0 Å². The molecule has 2 nitrogen and oxygen atoms in total. The second kappa shape index (κ2) is 4.51. The van der Waals surface area contributed by atoms with E-state index in [-0.39, 0.29) is 11.3 Å². The number of aromatic hydroxyl groups is 1. The number of hydrogen-bond donors (Lipinski definition) is 2. The first-order valence-corrected chi connectivity index (χ1v) is 5.00. The van der Waals surface area contributed by atoms with E-state index in [0.29, 0.717) is 5.92 Å². The molecule has 1 rings (SSSR count). The Balaban J connectivity index is 3.00. The zero-order valence-corrected chi connectivity index (χ0v) is 9.21. The summed E-state index contributed by atoms with van der Waals surface area (Å²) < 4.78 is 0. The molecular formula is C11H14O2S. The molecule has 1 N–H and O–H groups in total. The summed E-state index contributed by atoms with van der Waals surface area (Å²) in [4.78, 5) is 11.0. The van der Waals surface area contributed by atoms with E-state index in [4.69, 9.17) is 0 Å². The van der Waals surface area contributed by atoms with Crippen molar-refractivity contribution in [3.8, 4) is 5.75 Å². The van der Waals surface area contributed by atoms with Crippen LogP contribution in [-0.2, 0) is 6.42 Å². The molecule has 0 fully saturated rings. The van der Waals surface area contributed by atoms with E-state index in [1.807, 2.05) is 6.07 Å². The van der Waals surface area contributed by atoms with Gasteiger partial charge in [-0.15, -0.1) is 12.6 Å². The van der Waals surface area contributed by atoms with Gasteiger partial charge in [0.25, 0.3) is 0 Å². The van der Waals surface area contributed by atoms with E-state index < -0.39 is 5.12 Å². The number of benzene rings is 1. The normalized spacial score (nSPS) is 10.6. The van der Waals surface area contributed by atoms with E-state index in [0.717, 1.165) is 12.0 Å². The molecule has 0 unspecified atom stereocenters. The van der Waals surface area contributed by atoms with Crippen LogP contribution in [0.4, 0.5) is 0 Å². The first kappa shape index (κ1) is 11.1. The topological polar surface area (TPSA) is 37.3 Å². The van der Waals surface area contributed by atoms with E-state index in [2.05, 4.69) is 26.5 Å². The lowest BCUT2D eigenvalue weighted by molar-refractivity contribution is 0.108. The number of phenolic OH excluding ortho intramolecular Hbond substituents is 1. The molecule has 3 heteroatoms. The van der Waals surface area contributed by atoms with Gasteiger partial charge in [-0.3, -0.25) is 4.79 Å². The van der Waals surface area contributed by atoms with Crippen LogP contribution in [0.25, 0.3) is 0 Å². The zero-order chi connectivity index (χ0) is 10.7.